The van der Waals surface area contributed by atoms with E-state index in [0.717, 1.165) is 17.8 Å². The number of alkyl halides is 3. The lowest BCUT2D eigenvalue weighted by Crippen LogP contribution is -2.17. The maximum Gasteiger partial charge on any atom is 0.419 e. The number of hydrogen-bond donors (Lipinski definition) is 0. The van der Waals surface area contributed by atoms with Crippen molar-refractivity contribution in [3.8, 4) is 0 Å². The molecule has 0 saturated heterocycles. The summed E-state index contributed by atoms with van der Waals surface area (Å²) < 4.78 is 40.7. The largest absolute Gasteiger partial charge is 0.419 e. The van der Waals surface area contributed by atoms with Crippen LogP contribution < -0.4 is 0 Å². The summed E-state index contributed by atoms with van der Waals surface area (Å²) in [4.78, 5) is 16.5. The number of carbonyl (C=O) groups excluding carboxylic acids is 1. The molecule has 1 atom stereocenters. The SMILES string of the molecule is C[C@H](Sc1ncccc1C(F)(F)F)c1ccnn1C(=O)c1ccc(Cl)cc1. The van der Waals surface area contributed by atoms with Crippen molar-refractivity contribution in [2.45, 2.75) is 23.4 Å². The van der Waals surface area contributed by atoms with E-state index in [1.165, 1.54) is 23.1 Å². The molecule has 1 aromatic carbocycles. The Labute approximate surface area is 162 Å². The second-order valence-corrected chi connectivity index (χ2v) is 7.36. The van der Waals surface area contributed by atoms with Gasteiger partial charge in [-0.25, -0.2) is 4.98 Å². The molecule has 3 aromatic rings. The van der Waals surface area contributed by atoms with Gasteiger partial charge in [-0.05, 0) is 49.4 Å². The summed E-state index contributed by atoms with van der Waals surface area (Å²) in [6.45, 7) is 1.70. The zero-order valence-corrected chi connectivity index (χ0v) is 15.5. The molecule has 0 aliphatic rings. The first-order valence-corrected chi connectivity index (χ1v) is 9.06. The number of carbonyl (C=O) groups is 1. The number of pyridine rings is 1. The molecule has 3 rings (SSSR count). The van der Waals surface area contributed by atoms with Crippen LogP contribution in [-0.2, 0) is 6.18 Å². The number of benzene rings is 1. The number of rotatable bonds is 4. The van der Waals surface area contributed by atoms with Crippen LogP contribution in [-0.4, -0.2) is 20.7 Å². The molecule has 0 aliphatic heterocycles. The number of halogens is 4. The van der Waals surface area contributed by atoms with Gasteiger partial charge in [0.05, 0.1) is 16.5 Å². The van der Waals surface area contributed by atoms with Gasteiger partial charge < -0.3 is 0 Å². The third kappa shape index (κ3) is 4.33. The molecule has 0 amide bonds. The van der Waals surface area contributed by atoms with Gasteiger partial charge in [0.1, 0.15) is 5.03 Å². The standard InChI is InChI=1S/C18H13ClF3N3OS/c1-11(27-16-14(18(20,21)22)3-2-9-23-16)15-8-10-24-25(15)17(26)12-4-6-13(19)7-5-12/h2-11H,1H3/t11-/m0/s1. The van der Waals surface area contributed by atoms with Crippen molar-refractivity contribution < 1.29 is 18.0 Å². The van der Waals surface area contributed by atoms with E-state index in [9.17, 15) is 18.0 Å². The molecule has 2 heterocycles. The average molecular weight is 412 g/mol. The summed E-state index contributed by atoms with van der Waals surface area (Å²) in [7, 11) is 0. The van der Waals surface area contributed by atoms with E-state index < -0.39 is 22.9 Å². The van der Waals surface area contributed by atoms with Crippen LogP contribution in [0.5, 0.6) is 0 Å². The number of aromatic nitrogens is 3. The van der Waals surface area contributed by atoms with Crippen LogP contribution in [0.15, 0.2) is 59.9 Å². The molecular weight excluding hydrogens is 399 g/mol. The highest BCUT2D eigenvalue weighted by atomic mass is 35.5. The first kappa shape index (κ1) is 19.4. The maximum absolute atomic E-state index is 13.2. The van der Waals surface area contributed by atoms with Gasteiger partial charge in [-0.15, -0.1) is 0 Å². The van der Waals surface area contributed by atoms with Crippen molar-refractivity contribution in [1.29, 1.82) is 0 Å². The molecule has 4 nitrogen and oxygen atoms in total. The highest BCUT2D eigenvalue weighted by Crippen LogP contribution is 2.41. The van der Waals surface area contributed by atoms with Crippen molar-refractivity contribution in [3.05, 3.63) is 76.7 Å². The monoisotopic (exact) mass is 411 g/mol. The van der Waals surface area contributed by atoms with Gasteiger partial charge in [-0.1, -0.05) is 23.4 Å². The van der Waals surface area contributed by atoms with E-state index in [1.54, 1.807) is 37.3 Å². The minimum absolute atomic E-state index is 0.149. The van der Waals surface area contributed by atoms with E-state index in [4.69, 9.17) is 11.6 Å². The maximum atomic E-state index is 13.2. The Kier molecular flexibility index (Phi) is 5.57. The van der Waals surface area contributed by atoms with Gasteiger partial charge >= 0.3 is 6.18 Å². The number of hydrogen-bond acceptors (Lipinski definition) is 4. The fourth-order valence-electron chi connectivity index (χ4n) is 2.43. The molecule has 27 heavy (non-hydrogen) atoms. The topological polar surface area (TPSA) is 47.8 Å². The van der Waals surface area contributed by atoms with Gasteiger partial charge in [0.25, 0.3) is 5.91 Å². The summed E-state index contributed by atoms with van der Waals surface area (Å²) in [5.41, 5.74) is 0.0334. The van der Waals surface area contributed by atoms with E-state index in [1.807, 2.05) is 0 Å². The molecule has 0 fully saturated rings. The van der Waals surface area contributed by atoms with Crippen molar-refractivity contribution >= 4 is 29.3 Å². The van der Waals surface area contributed by atoms with Crippen LogP contribution in [0.3, 0.4) is 0 Å². The highest BCUT2D eigenvalue weighted by molar-refractivity contribution is 7.99. The lowest BCUT2D eigenvalue weighted by atomic mass is 10.2. The smallest absolute Gasteiger partial charge is 0.267 e. The van der Waals surface area contributed by atoms with Crippen molar-refractivity contribution in [2.24, 2.45) is 0 Å². The van der Waals surface area contributed by atoms with Gasteiger partial charge in [-0.2, -0.15) is 23.0 Å². The van der Waals surface area contributed by atoms with E-state index in [0.29, 0.717) is 16.3 Å². The Balaban J connectivity index is 1.88. The van der Waals surface area contributed by atoms with Gasteiger partial charge in [0.15, 0.2) is 0 Å². The minimum atomic E-state index is -4.50. The third-order valence-corrected chi connectivity index (χ3v) is 5.13. The summed E-state index contributed by atoms with van der Waals surface area (Å²) in [6, 6.07) is 10.1. The Morgan fingerprint density at radius 3 is 2.52 bits per heavy atom. The Bertz CT molecular complexity index is 957. The first-order chi connectivity index (χ1) is 12.8. The zero-order valence-electron chi connectivity index (χ0n) is 13.9. The van der Waals surface area contributed by atoms with Crippen LogP contribution >= 0.6 is 23.4 Å². The summed E-state index contributed by atoms with van der Waals surface area (Å²) in [6.07, 6.45) is -1.76. The highest BCUT2D eigenvalue weighted by Gasteiger charge is 2.35. The molecule has 0 radical (unpaired) electrons. The van der Waals surface area contributed by atoms with Crippen LogP contribution in [0.25, 0.3) is 0 Å². The van der Waals surface area contributed by atoms with E-state index in [-0.39, 0.29) is 5.03 Å². The lowest BCUT2D eigenvalue weighted by Gasteiger charge is -2.16. The number of thioether (sulfide) groups is 1. The van der Waals surface area contributed by atoms with Crippen molar-refractivity contribution in [2.75, 3.05) is 0 Å². The van der Waals surface area contributed by atoms with Crippen LogP contribution in [0.4, 0.5) is 13.2 Å². The Morgan fingerprint density at radius 2 is 1.85 bits per heavy atom. The predicted molar refractivity (Wildman–Crippen MR) is 96.9 cm³/mol. The molecule has 140 valence electrons. The van der Waals surface area contributed by atoms with E-state index in [2.05, 4.69) is 10.1 Å². The molecule has 2 aromatic heterocycles. The lowest BCUT2D eigenvalue weighted by molar-refractivity contribution is -0.140. The van der Waals surface area contributed by atoms with Gasteiger partial charge in [0.2, 0.25) is 0 Å². The normalized spacial score (nSPS) is 12.8. The molecule has 0 unspecified atom stereocenters. The predicted octanol–water partition coefficient (Wildman–Crippen LogP) is 5.49. The molecular formula is C18H13ClF3N3OS. The van der Waals surface area contributed by atoms with Gasteiger partial charge in [0, 0.05) is 23.0 Å². The summed E-state index contributed by atoms with van der Waals surface area (Å²) in [5, 5.41) is 3.88. The second kappa shape index (κ2) is 7.74. The van der Waals surface area contributed by atoms with Crippen LogP contribution in [0.1, 0.15) is 33.8 Å². The Hall–Kier alpha value is -2.32. The van der Waals surface area contributed by atoms with Crippen molar-refractivity contribution in [1.82, 2.24) is 14.8 Å². The van der Waals surface area contributed by atoms with Crippen LogP contribution in [0.2, 0.25) is 5.02 Å². The fraction of sp³-hybridized carbons (Fsp3) is 0.167. The molecule has 0 spiro atoms. The quantitative estimate of drug-likeness (QED) is 0.532. The minimum Gasteiger partial charge on any atom is -0.267 e. The number of nitrogens with zero attached hydrogens (tertiary/aromatic N) is 3. The second-order valence-electron chi connectivity index (χ2n) is 5.59. The summed E-state index contributed by atoms with van der Waals surface area (Å²) in [5.74, 6) is -0.392. The van der Waals surface area contributed by atoms with Gasteiger partial charge in [-0.3, -0.25) is 4.79 Å². The molecule has 0 N–H and O–H groups in total. The zero-order chi connectivity index (χ0) is 19.6. The molecule has 0 bridgehead atoms. The molecule has 0 aliphatic carbocycles. The Morgan fingerprint density at radius 1 is 1.15 bits per heavy atom. The summed E-state index contributed by atoms with van der Waals surface area (Å²) >= 11 is 6.75. The van der Waals surface area contributed by atoms with Crippen LogP contribution in [0, 0.1) is 0 Å². The average Bonchev–Trinajstić information content (AvgIpc) is 3.11. The fourth-order valence-corrected chi connectivity index (χ4v) is 3.63. The third-order valence-electron chi connectivity index (χ3n) is 3.74. The van der Waals surface area contributed by atoms with Crippen molar-refractivity contribution in [3.63, 3.8) is 0 Å². The van der Waals surface area contributed by atoms with E-state index >= 15 is 0 Å². The molecule has 9 heteroatoms. The molecule has 0 saturated carbocycles. The first-order valence-electron chi connectivity index (χ1n) is 7.80.